The molecule has 0 aromatic heterocycles. The molecule has 0 fully saturated rings. The van der Waals surface area contributed by atoms with Gasteiger partial charge in [0.2, 0.25) is 0 Å². The zero-order chi connectivity index (χ0) is 9.97. The van der Waals surface area contributed by atoms with Crippen molar-refractivity contribution in [1.82, 2.24) is 0 Å². The maximum Gasteiger partial charge on any atom is 0.121 e. The fourth-order valence-corrected chi connectivity index (χ4v) is 1.67. The quantitative estimate of drug-likeness (QED) is 0.682. The monoisotopic (exact) mass is 185 g/mol. The Bertz CT molecular complexity index is 415. The van der Waals surface area contributed by atoms with E-state index in [-0.39, 0.29) is 0 Å². The molecule has 1 aliphatic heterocycles. The Morgan fingerprint density at radius 2 is 2.29 bits per heavy atom. The molecule has 0 saturated heterocycles. The summed E-state index contributed by atoms with van der Waals surface area (Å²) >= 11 is 0. The maximum absolute atomic E-state index is 8.63. The van der Waals surface area contributed by atoms with E-state index in [1.54, 1.807) is 0 Å². The second kappa shape index (κ2) is 3.43. The molecular weight excluding hydrogens is 174 g/mol. The molecule has 1 N–H and O–H groups in total. The van der Waals surface area contributed by atoms with Crippen molar-refractivity contribution >= 4 is 11.4 Å². The van der Waals surface area contributed by atoms with Gasteiger partial charge >= 0.3 is 0 Å². The van der Waals surface area contributed by atoms with Gasteiger partial charge in [0.15, 0.2) is 0 Å². The molecule has 0 bridgehead atoms. The lowest BCUT2D eigenvalue weighted by molar-refractivity contribution is 0.990. The van der Waals surface area contributed by atoms with Gasteiger partial charge in [0.05, 0.1) is 23.5 Å². The molecule has 1 aliphatic rings. The molecule has 1 aromatic carbocycles. The Hall–Kier alpha value is -1.95. The van der Waals surface area contributed by atoms with Crippen molar-refractivity contribution in [2.75, 3.05) is 16.8 Å². The Morgan fingerprint density at radius 3 is 3.00 bits per heavy atom. The Labute approximate surface area is 83.3 Å². The van der Waals surface area contributed by atoms with Crippen LogP contribution in [0.1, 0.15) is 6.92 Å². The molecule has 0 radical (unpaired) electrons. The molecule has 1 heterocycles. The first-order valence-corrected chi connectivity index (χ1v) is 4.60. The highest BCUT2D eigenvalue weighted by Crippen LogP contribution is 2.35. The number of rotatable bonds is 1. The molecule has 0 spiro atoms. The smallest absolute Gasteiger partial charge is 0.121 e. The SMILES string of the molecule is CCN1C(=CC#N)Nc2ccccc21. The third kappa shape index (κ3) is 1.21. The summed E-state index contributed by atoms with van der Waals surface area (Å²) in [6, 6.07) is 10.1. The number of nitrogens with one attached hydrogen (secondary N) is 1. The number of allylic oxidation sites excluding steroid dienone is 1. The summed E-state index contributed by atoms with van der Waals surface area (Å²) in [5, 5.41) is 11.8. The number of hydrogen-bond donors (Lipinski definition) is 1. The summed E-state index contributed by atoms with van der Waals surface area (Å²) < 4.78 is 0. The van der Waals surface area contributed by atoms with Gasteiger partial charge in [-0.1, -0.05) is 12.1 Å². The molecular formula is C11H11N3. The van der Waals surface area contributed by atoms with Crippen LogP contribution in [0.3, 0.4) is 0 Å². The maximum atomic E-state index is 8.63. The van der Waals surface area contributed by atoms with Gasteiger partial charge < -0.3 is 10.2 Å². The van der Waals surface area contributed by atoms with E-state index in [2.05, 4.69) is 17.1 Å². The third-order valence-electron chi connectivity index (χ3n) is 2.27. The average Bonchev–Trinajstić information content (AvgIpc) is 2.55. The Balaban J connectivity index is 2.45. The fourth-order valence-electron chi connectivity index (χ4n) is 1.67. The van der Waals surface area contributed by atoms with Crippen molar-refractivity contribution in [3.05, 3.63) is 36.2 Å². The van der Waals surface area contributed by atoms with Crippen LogP contribution in [0.5, 0.6) is 0 Å². The van der Waals surface area contributed by atoms with Crippen LogP contribution in [0, 0.1) is 11.3 Å². The molecule has 0 atom stereocenters. The van der Waals surface area contributed by atoms with Crippen LogP contribution in [0.2, 0.25) is 0 Å². The van der Waals surface area contributed by atoms with Crippen molar-refractivity contribution in [2.45, 2.75) is 6.92 Å². The van der Waals surface area contributed by atoms with Crippen LogP contribution in [0.15, 0.2) is 36.2 Å². The molecule has 70 valence electrons. The van der Waals surface area contributed by atoms with E-state index in [1.165, 1.54) is 6.08 Å². The van der Waals surface area contributed by atoms with Crippen molar-refractivity contribution in [1.29, 1.82) is 5.26 Å². The van der Waals surface area contributed by atoms with Gasteiger partial charge in [0.25, 0.3) is 0 Å². The molecule has 0 aliphatic carbocycles. The van der Waals surface area contributed by atoms with E-state index in [4.69, 9.17) is 5.26 Å². The zero-order valence-electron chi connectivity index (χ0n) is 7.99. The van der Waals surface area contributed by atoms with Crippen molar-refractivity contribution in [2.24, 2.45) is 0 Å². The number of nitrogens with zero attached hydrogens (tertiary/aromatic N) is 2. The first-order valence-electron chi connectivity index (χ1n) is 4.60. The number of nitriles is 1. The molecule has 0 saturated carbocycles. The van der Waals surface area contributed by atoms with E-state index < -0.39 is 0 Å². The van der Waals surface area contributed by atoms with Crippen molar-refractivity contribution in [3.63, 3.8) is 0 Å². The highest BCUT2D eigenvalue weighted by atomic mass is 15.3. The predicted octanol–water partition coefficient (Wildman–Crippen LogP) is 2.30. The van der Waals surface area contributed by atoms with Gasteiger partial charge in [-0.05, 0) is 19.1 Å². The van der Waals surface area contributed by atoms with Crippen molar-refractivity contribution in [3.8, 4) is 6.07 Å². The minimum Gasteiger partial charge on any atom is -0.339 e. The molecule has 3 nitrogen and oxygen atoms in total. The Kier molecular flexibility index (Phi) is 2.11. The molecule has 14 heavy (non-hydrogen) atoms. The Morgan fingerprint density at radius 1 is 1.50 bits per heavy atom. The standard InChI is InChI=1S/C11H11N3/c1-2-14-10-6-4-3-5-9(10)13-11(14)7-8-12/h3-7,13H,2H2,1H3. The topological polar surface area (TPSA) is 39.1 Å². The van der Waals surface area contributed by atoms with Crippen LogP contribution >= 0.6 is 0 Å². The van der Waals surface area contributed by atoms with E-state index in [1.807, 2.05) is 30.3 Å². The van der Waals surface area contributed by atoms with Gasteiger partial charge in [-0.2, -0.15) is 5.26 Å². The second-order valence-corrected chi connectivity index (χ2v) is 3.05. The lowest BCUT2D eigenvalue weighted by Gasteiger charge is -2.16. The highest BCUT2D eigenvalue weighted by Gasteiger charge is 2.20. The summed E-state index contributed by atoms with van der Waals surface area (Å²) in [7, 11) is 0. The lowest BCUT2D eigenvalue weighted by atomic mass is 10.3. The minimum absolute atomic E-state index is 0.858. The van der Waals surface area contributed by atoms with Crippen LogP contribution in [-0.2, 0) is 0 Å². The number of hydrogen-bond acceptors (Lipinski definition) is 3. The summed E-state index contributed by atoms with van der Waals surface area (Å²) in [6.45, 7) is 2.92. The normalized spacial score (nSPS) is 16.3. The first-order chi connectivity index (χ1) is 6.86. The summed E-state index contributed by atoms with van der Waals surface area (Å²) in [4.78, 5) is 2.08. The van der Waals surface area contributed by atoms with Crippen LogP contribution < -0.4 is 10.2 Å². The van der Waals surface area contributed by atoms with Crippen LogP contribution in [0.4, 0.5) is 11.4 Å². The molecule has 0 amide bonds. The summed E-state index contributed by atoms with van der Waals surface area (Å²) in [5.74, 6) is 0.858. The predicted molar refractivity (Wildman–Crippen MR) is 56.8 cm³/mol. The summed E-state index contributed by atoms with van der Waals surface area (Å²) in [6.07, 6.45) is 1.53. The van der Waals surface area contributed by atoms with Crippen LogP contribution in [0.25, 0.3) is 0 Å². The second-order valence-electron chi connectivity index (χ2n) is 3.05. The van der Waals surface area contributed by atoms with Gasteiger partial charge in [-0.15, -0.1) is 0 Å². The number of para-hydroxylation sites is 2. The van der Waals surface area contributed by atoms with Gasteiger partial charge in [-0.25, -0.2) is 0 Å². The average molecular weight is 185 g/mol. The van der Waals surface area contributed by atoms with Crippen LogP contribution in [-0.4, -0.2) is 6.54 Å². The molecule has 1 aromatic rings. The fraction of sp³-hybridized carbons (Fsp3) is 0.182. The minimum atomic E-state index is 0.858. The number of benzene rings is 1. The van der Waals surface area contributed by atoms with Gasteiger partial charge in [0.1, 0.15) is 5.82 Å². The third-order valence-corrected chi connectivity index (χ3v) is 2.27. The number of fused-ring (bicyclic) bond motifs is 1. The van der Waals surface area contributed by atoms with E-state index in [9.17, 15) is 0 Å². The molecule has 3 heteroatoms. The molecule has 2 rings (SSSR count). The summed E-state index contributed by atoms with van der Waals surface area (Å²) in [5.41, 5.74) is 2.20. The highest BCUT2D eigenvalue weighted by molar-refractivity contribution is 5.80. The first kappa shape index (κ1) is 8.64. The zero-order valence-corrected chi connectivity index (χ0v) is 7.99. The van der Waals surface area contributed by atoms with E-state index >= 15 is 0 Å². The largest absolute Gasteiger partial charge is 0.339 e. The van der Waals surface area contributed by atoms with Gasteiger partial charge in [0, 0.05) is 6.54 Å². The van der Waals surface area contributed by atoms with Crippen molar-refractivity contribution < 1.29 is 0 Å². The lowest BCUT2D eigenvalue weighted by Crippen LogP contribution is -2.19. The molecule has 0 unspecified atom stereocenters. The number of anilines is 2. The van der Waals surface area contributed by atoms with E-state index in [0.717, 1.165) is 23.7 Å². The van der Waals surface area contributed by atoms with E-state index in [0.29, 0.717) is 0 Å². The van der Waals surface area contributed by atoms with Gasteiger partial charge in [-0.3, -0.25) is 0 Å².